The molecule has 0 heterocycles. The number of rotatable bonds is 5. The molecule has 80 valence electrons. The Morgan fingerprint density at radius 3 is 2.29 bits per heavy atom. The fourth-order valence-electron chi connectivity index (χ4n) is 0.514. The predicted molar refractivity (Wildman–Crippen MR) is 61.3 cm³/mol. The van der Waals surface area contributed by atoms with Crippen molar-refractivity contribution in [2.24, 2.45) is 0 Å². The van der Waals surface area contributed by atoms with Gasteiger partial charge in [-0.1, -0.05) is 51.2 Å². The van der Waals surface area contributed by atoms with Crippen LogP contribution in [0.4, 0.5) is 0 Å². The Kier molecular flexibility index (Phi) is 12.7. The summed E-state index contributed by atoms with van der Waals surface area (Å²) in [6, 6.07) is 0. The Balaban J connectivity index is 0. The lowest BCUT2D eigenvalue weighted by Gasteiger charge is -1.84. The molecule has 1 N–H and O–H groups in total. The SMILES string of the molecule is C=C(C)C(=O)O.C=CC=CCCCC. The van der Waals surface area contributed by atoms with E-state index in [1.165, 1.54) is 26.2 Å². The van der Waals surface area contributed by atoms with Crippen LogP contribution in [0.3, 0.4) is 0 Å². The minimum atomic E-state index is -0.935. The molecule has 0 aromatic carbocycles. The van der Waals surface area contributed by atoms with Crippen molar-refractivity contribution in [2.75, 3.05) is 0 Å². The van der Waals surface area contributed by atoms with Crippen LogP contribution in [0.5, 0.6) is 0 Å². The van der Waals surface area contributed by atoms with E-state index in [1.807, 2.05) is 12.2 Å². The smallest absolute Gasteiger partial charge is 0.330 e. The maximum atomic E-state index is 9.60. The van der Waals surface area contributed by atoms with Crippen LogP contribution >= 0.6 is 0 Å². The molecule has 0 spiro atoms. The van der Waals surface area contributed by atoms with E-state index in [0.717, 1.165) is 0 Å². The lowest BCUT2D eigenvalue weighted by molar-refractivity contribution is -0.132. The number of hydrogen-bond acceptors (Lipinski definition) is 1. The summed E-state index contributed by atoms with van der Waals surface area (Å²) in [6.45, 7) is 10.4. The zero-order valence-electron chi connectivity index (χ0n) is 9.12. The van der Waals surface area contributed by atoms with E-state index >= 15 is 0 Å². The summed E-state index contributed by atoms with van der Waals surface area (Å²) in [6.07, 6.45) is 9.73. The summed E-state index contributed by atoms with van der Waals surface area (Å²) >= 11 is 0. The molecule has 0 unspecified atom stereocenters. The molecule has 0 bridgehead atoms. The van der Waals surface area contributed by atoms with Crippen LogP contribution in [0.25, 0.3) is 0 Å². The molecule has 2 nitrogen and oxygen atoms in total. The van der Waals surface area contributed by atoms with Crippen molar-refractivity contribution < 1.29 is 9.90 Å². The van der Waals surface area contributed by atoms with Gasteiger partial charge in [0.25, 0.3) is 0 Å². The fourth-order valence-corrected chi connectivity index (χ4v) is 0.514. The molecule has 14 heavy (non-hydrogen) atoms. The first-order valence-corrected chi connectivity index (χ1v) is 4.72. The van der Waals surface area contributed by atoms with Crippen molar-refractivity contribution in [2.45, 2.75) is 33.1 Å². The topological polar surface area (TPSA) is 37.3 Å². The number of unbranched alkanes of at least 4 members (excludes halogenated alkanes) is 2. The second-order valence-electron chi connectivity index (χ2n) is 2.89. The summed E-state index contributed by atoms with van der Waals surface area (Å²) in [5.74, 6) is -0.935. The molecular weight excluding hydrogens is 176 g/mol. The molecule has 0 fully saturated rings. The second kappa shape index (κ2) is 11.7. The van der Waals surface area contributed by atoms with Gasteiger partial charge in [-0.25, -0.2) is 4.79 Å². The van der Waals surface area contributed by atoms with Crippen molar-refractivity contribution in [1.82, 2.24) is 0 Å². The predicted octanol–water partition coefficient (Wildman–Crippen LogP) is 3.57. The Bertz CT molecular complexity index is 190. The van der Waals surface area contributed by atoms with E-state index in [-0.39, 0.29) is 5.57 Å². The lowest BCUT2D eigenvalue weighted by Crippen LogP contribution is -1.92. The summed E-state index contributed by atoms with van der Waals surface area (Å²) in [5, 5.41) is 7.89. The first kappa shape index (κ1) is 15.2. The van der Waals surface area contributed by atoms with Crippen LogP contribution in [-0.2, 0) is 4.79 Å². The van der Waals surface area contributed by atoms with Gasteiger partial charge < -0.3 is 5.11 Å². The highest BCUT2D eigenvalue weighted by Gasteiger charge is 1.90. The Morgan fingerprint density at radius 2 is 2.00 bits per heavy atom. The number of aliphatic carboxylic acids is 1. The minimum absolute atomic E-state index is 0.176. The molecule has 0 radical (unpaired) electrons. The molecule has 0 aliphatic heterocycles. The molecule has 0 amide bonds. The number of carboxylic acid groups (broad SMARTS) is 1. The van der Waals surface area contributed by atoms with E-state index in [1.54, 1.807) is 0 Å². The first-order chi connectivity index (χ1) is 6.56. The van der Waals surface area contributed by atoms with Crippen molar-refractivity contribution in [3.8, 4) is 0 Å². The van der Waals surface area contributed by atoms with Crippen LogP contribution in [0, 0.1) is 0 Å². The molecule has 0 saturated carbocycles. The van der Waals surface area contributed by atoms with Gasteiger partial charge in [0.2, 0.25) is 0 Å². The lowest BCUT2D eigenvalue weighted by atomic mass is 10.2. The van der Waals surface area contributed by atoms with Crippen molar-refractivity contribution in [3.05, 3.63) is 37.0 Å². The van der Waals surface area contributed by atoms with E-state index in [9.17, 15) is 4.79 Å². The van der Waals surface area contributed by atoms with Crippen LogP contribution < -0.4 is 0 Å². The van der Waals surface area contributed by atoms with E-state index in [2.05, 4.69) is 26.2 Å². The Morgan fingerprint density at radius 1 is 1.50 bits per heavy atom. The quantitative estimate of drug-likeness (QED) is 0.414. The maximum Gasteiger partial charge on any atom is 0.330 e. The highest BCUT2D eigenvalue weighted by molar-refractivity contribution is 5.84. The van der Waals surface area contributed by atoms with Crippen molar-refractivity contribution in [3.63, 3.8) is 0 Å². The summed E-state index contributed by atoms with van der Waals surface area (Å²) < 4.78 is 0. The molecule has 0 aromatic heterocycles. The molecular formula is C12H20O2. The van der Waals surface area contributed by atoms with Crippen LogP contribution in [0.2, 0.25) is 0 Å². The third-order valence-electron chi connectivity index (χ3n) is 1.36. The van der Waals surface area contributed by atoms with Gasteiger partial charge >= 0.3 is 5.97 Å². The van der Waals surface area contributed by atoms with Gasteiger partial charge in [0, 0.05) is 5.57 Å². The number of allylic oxidation sites excluding steroid dienone is 3. The summed E-state index contributed by atoms with van der Waals surface area (Å²) in [5.41, 5.74) is 0.176. The highest BCUT2D eigenvalue weighted by atomic mass is 16.4. The first-order valence-electron chi connectivity index (χ1n) is 4.72. The molecule has 0 aliphatic carbocycles. The molecule has 0 atom stereocenters. The molecule has 2 heteroatoms. The fraction of sp³-hybridized carbons (Fsp3) is 0.417. The summed E-state index contributed by atoms with van der Waals surface area (Å²) in [7, 11) is 0. The largest absolute Gasteiger partial charge is 0.478 e. The van der Waals surface area contributed by atoms with E-state index in [0.29, 0.717) is 0 Å². The second-order valence-corrected chi connectivity index (χ2v) is 2.89. The Hall–Kier alpha value is -1.31. The molecule has 0 aliphatic rings. The van der Waals surface area contributed by atoms with Crippen LogP contribution in [0.15, 0.2) is 37.0 Å². The van der Waals surface area contributed by atoms with Crippen molar-refractivity contribution in [1.29, 1.82) is 0 Å². The van der Waals surface area contributed by atoms with Gasteiger partial charge in [-0.3, -0.25) is 0 Å². The Labute approximate surface area is 86.6 Å². The van der Waals surface area contributed by atoms with Gasteiger partial charge in [0.1, 0.15) is 0 Å². The zero-order chi connectivity index (χ0) is 11.4. The number of carboxylic acids is 1. The van der Waals surface area contributed by atoms with Crippen LogP contribution in [0.1, 0.15) is 33.1 Å². The standard InChI is InChI=1S/C8H14.C4H6O2/c1-3-5-7-8-6-4-2;1-3(2)4(5)6/h3,5,7H,1,4,6,8H2,2H3;1H2,2H3,(H,5,6). The average Bonchev–Trinajstić information content (AvgIpc) is 2.13. The van der Waals surface area contributed by atoms with Crippen molar-refractivity contribution >= 4 is 5.97 Å². The van der Waals surface area contributed by atoms with Gasteiger partial charge in [0.15, 0.2) is 0 Å². The van der Waals surface area contributed by atoms with Gasteiger partial charge in [-0.15, -0.1) is 0 Å². The average molecular weight is 196 g/mol. The zero-order valence-corrected chi connectivity index (χ0v) is 9.12. The van der Waals surface area contributed by atoms with E-state index in [4.69, 9.17) is 5.11 Å². The van der Waals surface area contributed by atoms with Gasteiger partial charge in [-0.05, 0) is 13.3 Å². The maximum absolute atomic E-state index is 9.60. The van der Waals surface area contributed by atoms with E-state index < -0.39 is 5.97 Å². The third-order valence-corrected chi connectivity index (χ3v) is 1.36. The normalized spacial score (nSPS) is 9.00. The molecule has 0 aromatic rings. The molecule has 0 rings (SSSR count). The number of carbonyl (C=O) groups is 1. The third kappa shape index (κ3) is 17.0. The number of hydrogen-bond donors (Lipinski definition) is 1. The monoisotopic (exact) mass is 196 g/mol. The highest BCUT2D eigenvalue weighted by Crippen LogP contribution is 1.93. The minimum Gasteiger partial charge on any atom is -0.478 e. The summed E-state index contributed by atoms with van der Waals surface area (Å²) in [4.78, 5) is 9.60. The van der Waals surface area contributed by atoms with Gasteiger partial charge in [0.05, 0.1) is 0 Å². The van der Waals surface area contributed by atoms with Crippen LogP contribution in [-0.4, -0.2) is 11.1 Å². The molecule has 0 saturated heterocycles. The van der Waals surface area contributed by atoms with Gasteiger partial charge in [-0.2, -0.15) is 0 Å².